The second-order valence-corrected chi connectivity index (χ2v) is 11.6. The van der Waals surface area contributed by atoms with E-state index in [-0.39, 0.29) is 17.6 Å². The number of hydrogen-bond acceptors (Lipinski definition) is 3. The lowest BCUT2D eigenvalue weighted by molar-refractivity contribution is -0.645. The van der Waals surface area contributed by atoms with E-state index in [0.717, 1.165) is 51.0 Å². The summed E-state index contributed by atoms with van der Waals surface area (Å²) in [5.41, 5.74) is 4.85. The number of fused-ring (bicyclic) bond motifs is 1. The Morgan fingerprint density at radius 2 is 1.68 bits per heavy atom. The van der Waals surface area contributed by atoms with Gasteiger partial charge in [-0.05, 0) is 49.1 Å². The zero-order valence-electron chi connectivity index (χ0n) is 24.5. The molecule has 0 N–H and O–H groups in total. The van der Waals surface area contributed by atoms with Crippen LogP contribution in [0.3, 0.4) is 0 Å². The summed E-state index contributed by atoms with van der Waals surface area (Å²) in [6.45, 7) is 11.0. The maximum Gasteiger partial charge on any atom is 0.410 e. The van der Waals surface area contributed by atoms with Crippen molar-refractivity contribution in [2.45, 2.75) is 50.8 Å². The highest BCUT2D eigenvalue weighted by molar-refractivity contribution is 5.71. The molecule has 0 saturated carbocycles. The smallest absolute Gasteiger partial charge is 0.410 e. The van der Waals surface area contributed by atoms with E-state index in [4.69, 9.17) is 4.74 Å². The lowest BCUT2D eigenvalue weighted by Gasteiger charge is -2.39. The first-order valence-electron chi connectivity index (χ1n) is 14.8. The van der Waals surface area contributed by atoms with Crippen LogP contribution in [0.25, 0.3) is 11.0 Å². The Balaban J connectivity index is 1.22. The first-order valence-corrected chi connectivity index (χ1v) is 14.8. The number of benzene rings is 3. The zero-order valence-corrected chi connectivity index (χ0v) is 24.5. The third-order valence-electron chi connectivity index (χ3n) is 8.62. The van der Waals surface area contributed by atoms with E-state index in [1.54, 1.807) is 6.08 Å². The highest BCUT2D eigenvalue weighted by Gasteiger charge is 2.33. The number of piperidine rings is 1. The van der Waals surface area contributed by atoms with Crippen LogP contribution in [0.15, 0.2) is 104 Å². The molecule has 1 fully saturated rings. The molecule has 214 valence electrons. The molecule has 1 aromatic heterocycles. The molecule has 1 aliphatic rings. The van der Waals surface area contributed by atoms with Gasteiger partial charge in [-0.3, -0.25) is 0 Å². The van der Waals surface area contributed by atoms with Gasteiger partial charge in [0.25, 0.3) is 0 Å². The summed E-state index contributed by atoms with van der Waals surface area (Å²) in [6.07, 6.45) is 6.70. The summed E-state index contributed by atoms with van der Waals surface area (Å²) >= 11 is 0. The van der Waals surface area contributed by atoms with Gasteiger partial charge in [0.15, 0.2) is 11.0 Å². The fraction of sp³-hybridized carbons (Fsp3) is 0.371. The predicted octanol–water partition coefficient (Wildman–Crippen LogP) is 6.10. The van der Waals surface area contributed by atoms with Crippen LogP contribution in [0.5, 0.6) is 0 Å². The second kappa shape index (κ2) is 13.2. The molecule has 0 radical (unpaired) electrons. The molecule has 4 aromatic rings. The van der Waals surface area contributed by atoms with Gasteiger partial charge >= 0.3 is 6.09 Å². The third-order valence-corrected chi connectivity index (χ3v) is 8.62. The first kappa shape index (κ1) is 28.6. The number of hydrogen-bond donors (Lipinski definition) is 0. The number of aromatic nitrogens is 2. The monoisotopic (exact) mass is 551 g/mol. The number of para-hydroxylation sites is 2. The number of rotatable bonds is 11. The highest BCUT2D eigenvalue weighted by Crippen LogP contribution is 2.32. The molecule has 1 saturated heterocycles. The highest BCUT2D eigenvalue weighted by atomic mass is 16.6. The molecule has 0 aliphatic carbocycles. The number of ether oxygens (including phenoxy) is 1. The quantitative estimate of drug-likeness (QED) is 0.167. The molecule has 0 spiro atoms. The number of carbonyl (C=O) groups is 1. The van der Waals surface area contributed by atoms with Crippen molar-refractivity contribution in [2.24, 2.45) is 7.05 Å². The maximum atomic E-state index is 13.0. The van der Waals surface area contributed by atoms with Crippen LogP contribution in [0, 0.1) is 0 Å². The minimum absolute atomic E-state index is 0.0248. The summed E-state index contributed by atoms with van der Waals surface area (Å²) in [6, 6.07) is 29.6. The molecule has 1 unspecified atom stereocenters. The van der Waals surface area contributed by atoms with Crippen LogP contribution in [0.2, 0.25) is 0 Å². The molecule has 1 atom stereocenters. The molecular formula is C35H43N4O2+. The van der Waals surface area contributed by atoms with Crippen LogP contribution >= 0.6 is 0 Å². The molecule has 1 aliphatic heterocycles. The SMILES string of the molecule is C=CCN(C(=O)OCc1ccccc1)C1CCN(CCC(C)(Cn2c[n+](C)c3ccccc32)c2ccccc2)CC1. The average molecular weight is 552 g/mol. The third kappa shape index (κ3) is 6.88. The van der Waals surface area contributed by atoms with Crippen molar-refractivity contribution in [1.82, 2.24) is 14.4 Å². The van der Waals surface area contributed by atoms with Gasteiger partial charge in [0.2, 0.25) is 6.33 Å². The summed E-state index contributed by atoms with van der Waals surface area (Å²) in [5.74, 6) is 0. The average Bonchev–Trinajstić information content (AvgIpc) is 3.33. The van der Waals surface area contributed by atoms with Gasteiger partial charge in [0.1, 0.15) is 6.61 Å². The Morgan fingerprint density at radius 3 is 2.39 bits per heavy atom. The first-order chi connectivity index (χ1) is 20.0. The summed E-state index contributed by atoms with van der Waals surface area (Å²) in [4.78, 5) is 17.4. The van der Waals surface area contributed by atoms with Gasteiger partial charge in [-0.2, -0.15) is 0 Å². The normalized spacial score (nSPS) is 15.9. The summed E-state index contributed by atoms with van der Waals surface area (Å²) in [5, 5.41) is 0. The molecule has 6 heteroatoms. The summed E-state index contributed by atoms with van der Waals surface area (Å²) in [7, 11) is 2.12. The van der Waals surface area contributed by atoms with Gasteiger partial charge in [-0.25, -0.2) is 13.9 Å². The van der Waals surface area contributed by atoms with E-state index in [9.17, 15) is 4.79 Å². The van der Waals surface area contributed by atoms with Crippen LogP contribution in [-0.4, -0.2) is 52.7 Å². The van der Waals surface area contributed by atoms with Crippen LogP contribution in [0.4, 0.5) is 4.79 Å². The van der Waals surface area contributed by atoms with E-state index in [1.807, 2.05) is 35.2 Å². The Hall–Kier alpha value is -3.90. The number of amides is 1. The molecule has 0 bridgehead atoms. The lowest BCUT2D eigenvalue weighted by Crippen LogP contribution is -2.48. The standard InChI is InChI=1S/C35H43N4O2/c1-4-22-39(34(40)41-26-29-13-7-5-8-14-29)31-19-23-37(24-20-31)25-21-35(2,30-15-9-6-10-16-30)27-38-28-36(3)32-17-11-12-18-33(32)38/h4-18,28,31H,1,19-27H2,2-3H3/q+1. The Bertz CT molecular complexity index is 1430. The topological polar surface area (TPSA) is 41.6 Å². The van der Waals surface area contributed by atoms with Gasteiger partial charge in [0.05, 0.1) is 13.6 Å². The van der Waals surface area contributed by atoms with Crippen molar-refractivity contribution in [3.8, 4) is 0 Å². The van der Waals surface area contributed by atoms with Crippen LogP contribution in [-0.2, 0) is 30.4 Å². The molecule has 41 heavy (non-hydrogen) atoms. The van der Waals surface area contributed by atoms with Gasteiger partial charge in [0, 0.05) is 31.1 Å². The number of carbonyl (C=O) groups excluding carboxylic acids is 1. The van der Waals surface area contributed by atoms with E-state index in [1.165, 1.54) is 16.6 Å². The molecule has 6 nitrogen and oxygen atoms in total. The van der Waals surface area contributed by atoms with Gasteiger partial charge in [-0.15, -0.1) is 6.58 Å². The van der Waals surface area contributed by atoms with E-state index in [0.29, 0.717) is 13.2 Å². The van der Waals surface area contributed by atoms with Crippen LogP contribution in [0.1, 0.15) is 37.3 Å². The van der Waals surface area contributed by atoms with Crippen molar-refractivity contribution in [3.63, 3.8) is 0 Å². The Morgan fingerprint density at radius 1 is 1.02 bits per heavy atom. The van der Waals surface area contributed by atoms with E-state index < -0.39 is 0 Å². The van der Waals surface area contributed by atoms with Gasteiger partial charge in [-0.1, -0.05) is 85.8 Å². The number of aryl methyl sites for hydroxylation is 1. The summed E-state index contributed by atoms with van der Waals surface area (Å²) < 4.78 is 10.3. The van der Waals surface area contributed by atoms with Crippen molar-refractivity contribution >= 4 is 17.1 Å². The minimum Gasteiger partial charge on any atom is -0.445 e. The molecular weight excluding hydrogens is 508 g/mol. The van der Waals surface area contributed by atoms with Crippen molar-refractivity contribution in [2.75, 3.05) is 26.2 Å². The predicted molar refractivity (Wildman–Crippen MR) is 165 cm³/mol. The Kier molecular flexibility index (Phi) is 9.20. The van der Waals surface area contributed by atoms with Crippen molar-refractivity contribution in [3.05, 3.63) is 115 Å². The fourth-order valence-electron chi connectivity index (χ4n) is 6.17. The van der Waals surface area contributed by atoms with Crippen molar-refractivity contribution in [1.29, 1.82) is 0 Å². The van der Waals surface area contributed by atoms with Crippen LogP contribution < -0.4 is 4.57 Å². The van der Waals surface area contributed by atoms with Crippen molar-refractivity contribution < 1.29 is 14.1 Å². The maximum absolute atomic E-state index is 13.0. The largest absolute Gasteiger partial charge is 0.445 e. The molecule has 1 amide bonds. The number of imidazole rings is 1. The second-order valence-electron chi connectivity index (χ2n) is 11.6. The number of nitrogens with zero attached hydrogens (tertiary/aromatic N) is 4. The molecule has 5 rings (SSSR count). The molecule has 3 aromatic carbocycles. The fourth-order valence-corrected chi connectivity index (χ4v) is 6.17. The number of likely N-dealkylation sites (tertiary alicyclic amines) is 1. The van der Waals surface area contributed by atoms with E-state index in [2.05, 4.69) is 95.5 Å². The van der Waals surface area contributed by atoms with E-state index >= 15 is 0 Å². The minimum atomic E-state index is -0.254. The Labute approximate surface area is 244 Å². The molecule has 2 heterocycles. The lowest BCUT2D eigenvalue weighted by atomic mass is 9.79. The van der Waals surface area contributed by atoms with Gasteiger partial charge < -0.3 is 14.5 Å². The zero-order chi connectivity index (χ0) is 28.7.